The van der Waals surface area contributed by atoms with Crippen LogP contribution >= 0.6 is 11.6 Å². The Morgan fingerprint density at radius 2 is 2.12 bits per heavy atom. The zero-order chi connectivity index (χ0) is 19.3. The van der Waals surface area contributed by atoms with Crippen LogP contribution in [0, 0.1) is 17.0 Å². The number of anilines is 1. The molecule has 1 aromatic heterocycles. The Morgan fingerprint density at radius 3 is 2.65 bits per heavy atom. The van der Waals surface area contributed by atoms with Crippen molar-refractivity contribution in [2.45, 2.75) is 20.3 Å². The van der Waals surface area contributed by atoms with Crippen LogP contribution in [-0.4, -0.2) is 39.9 Å². The lowest BCUT2D eigenvalue weighted by Gasteiger charge is -2.21. The molecule has 2 aromatic rings. The number of amides is 2. The van der Waals surface area contributed by atoms with Gasteiger partial charge in [0.2, 0.25) is 5.91 Å². The van der Waals surface area contributed by atoms with Crippen molar-refractivity contribution >= 4 is 34.9 Å². The Hall–Kier alpha value is -2.94. The van der Waals surface area contributed by atoms with E-state index >= 15 is 0 Å². The number of benzene rings is 1. The molecule has 0 unspecified atom stereocenters. The average molecular weight is 381 g/mol. The van der Waals surface area contributed by atoms with Crippen molar-refractivity contribution in [2.24, 2.45) is 0 Å². The zero-order valence-electron chi connectivity index (χ0n) is 14.2. The first-order chi connectivity index (χ1) is 12.3. The maximum absolute atomic E-state index is 12.7. The van der Waals surface area contributed by atoms with Gasteiger partial charge in [-0.1, -0.05) is 23.7 Å². The number of aromatic nitrogens is 1. The van der Waals surface area contributed by atoms with E-state index in [0.717, 1.165) is 6.07 Å². The number of halogens is 1. The number of hydrogen-bond acceptors (Lipinski definition) is 6. The van der Waals surface area contributed by atoms with Crippen molar-refractivity contribution in [3.05, 3.63) is 50.7 Å². The highest BCUT2D eigenvalue weighted by Crippen LogP contribution is 2.24. The van der Waals surface area contributed by atoms with Crippen LogP contribution in [0.25, 0.3) is 0 Å². The lowest BCUT2D eigenvalue weighted by Crippen LogP contribution is -2.38. The van der Waals surface area contributed by atoms with Gasteiger partial charge in [0.05, 0.1) is 15.5 Å². The topological polar surface area (TPSA) is 119 Å². The molecule has 26 heavy (non-hydrogen) atoms. The third-order valence-corrected chi connectivity index (χ3v) is 3.72. The molecule has 0 saturated heterocycles. The van der Waals surface area contributed by atoms with E-state index in [1.807, 2.05) is 6.92 Å². The molecule has 0 radical (unpaired) electrons. The summed E-state index contributed by atoms with van der Waals surface area (Å²) in [6.45, 7) is 3.64. The van der Waals surface area contributed by atoms with Crippen LogP contribution in [0.3, 0.4) is 0 Å². The van der Waals surface area contributed by atoms with Gasteiger partial charge in [0.1, 0.15) is 12.3 Å². The van der Waals surface area contributed by atoms with Gasteiger partial charge in [-0.2, -0.15) is 0 Å². The van der Waals surface area contributed by atoms with Gasteiger partial charge in [0.25, 0.3) is 11.6 Å². The molecule has 0 bridgehead atoms. The number of nitro benzene ring substituents is 1. The Morgan fingerprint density at radius 1 is 1.38 bits per heavy atom. The van der Waals surface area contributed by atoms with E-state index < -0.39 is 16.7 Å². The van der Waals surface area contributed by atoms with Crippen molar-refractivity contribution in [1.29, 1.82) is 0 Å². The number of nitro groups is 1. The molecule has 0 aliphatic rings. The maximum atomic E-state index is 12.7. The highest BCUT2D eigenvalue weighted by molar-refractivity contribution is 6.34. The van der Waals surface area contributed by atoms with Crippen LogP contribution in [0.4, 0.5) is 11.5 Å². The average Bonchev–Trinajstić information content (AvgIpc) is 2.98. The molecule has 1 N–H and O–H groups in total. The van der Waals surface area contributed by atoms with Gasteiger partial charge >= 0.3 is 0 Å². The van der Waals surface area contributed by atoms with Crippen molar-refractivity contribution in [1.82, 2.24) is 10.1 Å². The van der Waals surface area contributed by atoms with Gasteiger partial charge in [0.15, 0.2) is 5.82 Å². The summed E-state index contributed by atoms with van der Waals surface area (Å²) in [5.74, 6) is -0.138. The summed E-state index contributed by atoms with van der Waals surface area (Å²) in [5.41, 5.74) is -0.122. The summed E-state index contributed by atoms with van der Waals surface area (Å²) in [6, 6.07) is 5.14. The molecule has 10 heteroatoms. The quantitative estimate of drug-likeness (QED) is 0.582. The molecule has 0 saturated carbocycles. The second-order valence-electron chi connectivity index (χ2n) is 5.52. The summed E-state index contributed by atoms with van der Waals surface area (Å²) >= 11 is 6.01. The molecule has 0 aliphatic carbocycles. The molecular formula is C16H17ClN4O5. The molecule has 2 amide bonds. The Bertz CT molecular complexity index is 836. The van der Waals surface area contributed by atoms with Crippen molar-refractivity contribution < 1.29 is 19.0 Å². The van der Waals surface area contributed by atoms with Gasteiger partial charge in [-0.25, -0.2) is 0 Å². The number of aryl methyl sites for hydroxylation is 1. The minimum absolute atomic E-state index is 0.0437. The van der Waals surface area contributed by atoms with Gasteiger partial charge in [-0.05, 0) is 19.4 Å². The SMILES string of the molecule is CCCN(CC(=O)Nc1cc(C)on1)C(=O)c1ccc([N+](=O)[O-])cc1Cl. The highest BCUT2D eigenvalue weighted by atomic mass is 35.5. The minimum Gasteiger partial charge on any atom is -0.360 e. The maximum Gasteiger partial charge on any atom is 0.270 e. The number of carbonyl (C=O) groups excluding carboxylic acids is 2. The Kier molecular flexibility index (Phi) is 6.29. The molecule has 0 aliphatic heterocycles. The van der Waals surface area contributed by atoms with E-state index in [-0.39, 0.29) is 28.6 Å². The fraction of sp³-hybridized carbons (Fsp3) is 0.312. The smallest absolute Gasteiger partial charge is 0.270 e. The second-order valence-corrected chi connectivity index (χ2v) is 5.93. The largest absolute Gasteiger partial charge is 0.360 e. The third kappa shape index (κ3) is 4.79. The summed E-state index contributed by atoms with van der Waals surface area (Å²) in [4.78, 5) is 36.3. The minimum atomic E-state index is -0.600. The molecule has 0 fully saturated rings. The first kappa shape index (κ1) is 19.4. The Labute approximate surface area is 154 Å². The van der Waals surface area contributed by atoms with E-state index in [1.165, 1.54) is 17.0 Å². The molecule has 9 nitrogen and oxygen atoms in total. The van der Waals surface area contributed by atoms with Crippen molar-refractivity contribution in [2.75, 3.05) is 18.4 Å². The number of rotatable bonds is 7. The van der Waals surface area contributed by atoms with Crippen LogP contribution in [0.5, 0.6) is 0 Å². The van der Waals surface area contributed by atoms with Gasteiger partial charge in [-0.15, -0.1) is 0 Å². The zero-order valence-corrected chi connectivity index (χ0v) is 14.9. The number of hydrogen-bond donors (Lipinski definition) is 1. The summed E-state index contributed by atoms with van der Waals surface area (Å²) in [6.07, 6.45) is 0.618. The van der Waals surface area contributed by atoms with Gasteiger partial charge in [0, 0.05) is 24.7 Å². The molecular weight excluding hydrogens is 364 g/mol. The van der Waals surface area contributed by atoms with Crippen molar-refractivity contribution in [3.63, 3.8) is 0 Å². The van der Waals surface area contributed by atoms with Crippen molar-refractivity contribution in [3.8, 4) is 0 Å². The van der Waals surface area contributed by atoms with Crippen LogP contribution in [0.15, 0.2) is 28.8 Å². The van der Waals surface area contributed by atoms with E-state index in [1.54, 1.807) is 13.0 Å². The van der Waals surface area contributed by atoms with Gasteiger partial charge in [-0.3, -0.25) is 19.7 Å². The summed E-state index contributed by atoms with van der Waals surface area (Å²) in [5, 5.41) is 16.9. The molecule has 1 aromatic carbocycles. The van der Waals surface area contributed by atoms with Crippen LogP contribution in [0.2, 0.25) is 5.02 Å². The fourth-order valence-electron chi connectivity index (χ4n) is 2.26. The molecule has 138 valence electrons. The normalized spacial score (nSPS) is 10.4. The summed E-state index contributed by atoms with van der Waals surface area (Å²) < 4.78 is 4.86. The first-order valence-electron chi connectivity index (χ1n) is 7.78. The Balaban J connectivity index is 2.13. The lowest BCUT2D eigenvalue weighted by molar-refractivity contribution is -0.384. The highest BCUT2D eigenvalue weighted by Gasteiger charge is 2.22. The van der Waals surface area contributed by atoms with E-state index in [4.69, 9.17) is 16.1 Å². The molecule has 1 heterocycles. The van der Waals surface area contributed by atoms with Crippen LogP contribution < -0.4 is 5.32 Å². The van der Waals surface area contributed by atoms with E-state index in [9.17, 15) is 19.7 Å². The van der Waals surface area contributed by atoms with Crippen LogP contribution in [-0.2, 0) is 4.79 Å². The summed E-state index contributed by atoms with van der Waals surface area (Å²) in [7, 11) is 0. The third-order valence-electron chi connectivity index (χ3n) is 3.40. The lowest BCUT2D eigenvalue weighted by atomic mass is 10.1. The number of carbonyl (C=O) groups is 2. The standard InChI is InChI=1S/C16H17ClN4O5/c1-3-6-20(9-15(22)18-14-7-10(2)26-19-14)16(23)12-5-4-11(21(24)25)8-13(12)17/h4-5,7-8H,3,6,9H2,1-2H3,(H,18,19,22). The fourth-order valence-corrected chi connectivity index (χ4v) is 2.52. The predicted molar refractivity (Wildman–Crippen MR) is 94.2 cm³/mol. The van der Waals surface area contributed by atoms with Gasteiger partial charge < -0.3 is 14.7 Å². The predicted octanol–water partition coefficient (Wildman–Crippen LogP) is 3.04. The molecule has 0 spiro atoms. The monoisotopic (exact) mass is 380 g/mol. The van der Waals surface area contributed by atoms with E-state index in [0.29, 0.717) is 18.7 Å². The van der Waals surface area contributed by atoms with E-state index in [2.05, 4.69) is 10.5 Å². The number of nitrogens with one attached hydrogen (secondary N) is 1. The number of non-ortho nitro benzene ring substituents is 1. The first-order valence-corrected chi connectivity index (χ1v) is 8.16. The number of nitrogens with zero attached hydrogens (tertiary/aromatic N) is 3. The molecule has 2 rings (SSSR count). The second kappa shape index (κ2) is 8.43. The molecule has 0 atom stereocenters. The van der Waals surface area contributed by atoms with Crippen LogP contribution in [0.1, 0.15) is 29.5 Å².